The summed E-state index contributed by atoms with van der Waals surface area (Å²) < 4.78 is 0. The Labute approximate surface area is 76.1 Å². The van der Waals surface area contributed by atoms with Crippen LogP contribution in [0, 0.1) is 5.41 Å². The smallest absolute Gasteiger partial charge is 0.00132 e. The lowest BCUT2D eigenvalue weighted by Gasteiger charge is -2.21. The van der Waals surface area contributed by atoms with Gasteiger partial charge in [-0.25, -0.2) is 0 Å². The molecule has 72 valence electrons. The van der Waals surface area contributed by atoms with Gasteiger partial charge >= 0.3 is 0 Å². The van der Waals surface area contributed by atoms with E-state index < -0.39 is 0 Å². The molecule has 0 aromatic heterocycles. The van der Waals surface area contributed by atoms with Crippen molar-refractivity contribution in [3.05, 3.63) is 0 Å². The molecule has 0 radical (unpaired) electrons. The predicted molar refractivity (Wildman–Crippen MR) is 53.1 cm³/mol. The molecule has 2 N–H and O–H groups in total. The Balaban J connectivity index is 2.15. The molecule has 2 nitrogen and oxygen atoms in total. The zero-order valence-electron chi connectivity index (χ0n) is 8.47. The van der Waals surface area contributed by atoms with Crippen LogP contribution in [0.2, 0.25) is 0 Å². The number of hydrogen-bond acceptors (Lipinski definition) is 2. The van der Waals surface area contributed by atoms with Crippen LogP contribution >= 0.6 is 0 Å². The van der Waals surface area contributed by atoms with Crippen LogP contribution in [-0.2, 0) is 0 Å². The number of nitrogens with two attached hydrogens (primary N) is 1. The van der Waals surface area contributed by atoms with Gasteiger partial charge in [-0.3, -0.25) is 0 Å². The van der Waals surface area contributed by atoms with Crippen molar-refractivity contribution in [3.63, 3.8) is 0 Å². The van der Waals surface area contributed by atoms with Gasteiger partial charge in [0.25, 0.3) is 0 Å². The molecule has 1 fully saturated rings. The monoisotopic (exact) mass is 170 g/mol. The molecule has 0 aromatic rings. The van der Waals surface area contributed by atoms with E-state index >= 15 is 0 Å². The number of rotatable bonds is 6. The summed E-state index contributed by atoms with van der Waals surface area (Å²) in [5.41, 5.74) is 6.28. The largest absolute Gasteiger partial charge is 0.330 e. The highest BCUT2D eigenvalue weighted by Crippen LogP contribution is 2.47. The van der Waals surface area contributed by atoms with Crippen molar-refractivity contribution in [1.29, 1.82) is 0 Å². The molecule has 1 aliphatic carbocycles. The zero-order valence-corrected chi connectivity index (χ0v) is 8.47. The fourth-order valence-electron chi connectivity index (χ4n) is 1.67. The SMILES string of the molecule is CCN(CC)CCC1(CN)CC1. The van der Waals surface area contributed by atoms with Gasteiger partial charge in [0.2, 0.25) is 0 Å². The van der Waals surface area contributed by atoms with Crippen molar-refractivity contribution in [2.24, 2.45) is 11.1 Å². The third-order valence-corrected chi connectivity index (χ3v) is 3.24. The summed E-state index contributed by atoms with van der Waals surface area (Å²) in [7, 11) is 0. The summed E-state index contributed by atoms with van der Waals surface area (Å²) in [6.45, 7) is 8.95. The average molecular weight is 170 g/mol. The van der Waals surface area contributed by atoms with Gasteiger partial charge in [0, 0.05) is 0 Å². The maximum Gasteiger partial charge on any atom is -0.00132 e. The predicted octanol–water partition coefficient (Wildman–Crippen LogP) is 1.46. The molecule has 1 aliphatic rings. The van der Waals surface area contributed by atoms with Gasteiger partial charge in [-0.05, 0) is 50.9 Å². The molecular formula is C10H22N2. The fourth-order valence-corrected chi connectivity index (χ4v) is 1.67. The van der Waals surface area contributed by atoms with Gasteiger partial charge in [0.05, 0.1) is 0 Å². The highest BCUT2D eigenvalue weighted by Gasteiger charge is 2.40. The lowest BCUT2D eigenvalue weighted by atomic mass is 10.0. The van der Waals surface area contributed by atoms with E-state index in [1.165, 1.54) is 38.9 Å². The van der Waals surface area contributed by atoms with Crippen molar-refractivity contribution < 1.29 is 0 Å². The van der Waals surface area contributed by atoms with Gasteiger partial charge in [0.1, 0.15) is 0 Å². The quantitative estimate of drug-likeness (QED) is 0.654. The molecule has 0 aliphatic heterocycles. The minimum Gasteiger partial charge on any atom is -0.330 e. The van der Waals surface area contributed by atoms with Crippen LogP contribution in [0.1, 0.15) is 33.1 Å². The van der Waals surface area contributed by atoms with Crippen molar-refractivity contribution in [2.45, 2.75) is 33.1 Å². The molecule has 0 heterocycles. The molecule has 0 unspecified atom stereocenters. The van der Waals surface area contributed by atoms with Crippen molar-refractivity contribution in [3.8, 4) is 0 Å². The molecule has 0 amide bonds. The Kier molecular flexibility index (Phi) is 3.53. The Morgan fingerprint density at radius 2 is 1.83 bits per heavy atom. The van der Waals surface area contributed by atoms with Gasteiger partial charge in [0.15, 0.2) is 0 Å². The van der Waals surface area contributed by atoms with Crippen molar-refractivity contribution in [1.82, 2.24) is 4.90 Å². The molecule has 0 aromatic carbocycles. The van der Waals surface area contributed by atoms with Crippen LogP contribution in [0.15, 0.2) is 0 Å². The summed E-state index contributed by atoms with van der Waals surface area (Å²) in [4.78, 5) is 2.48. The van der Waals surface area contributed by atoms with E-state index in [1.54, 1.807) is 0 Å². The second kappa shape index (κ2) is 4.24. The Bertz CT molecular complexity index is 126. The van der Waals surface area contributed by atoms with Crippen LogP contribution in [0.4, 0.5) is 0 Å². The summed E-state index contributed by atoms with van der Waals surface area (Å²) in [6.07, 6.45) is 4.04. The van der Waals surface area contributed by atoms with E-state index in [9.17, 15) is 0 Å². The zero-order chi connectivity index (χ0) is 9.03. The molecule has 2 heteroatoms. The molecule has 0 bridgehead atoms. The Morgan fingerprint density at radius 1 is 1.25 bits per heavy atom. The van der Waals surface area contributed by atoms with E-state index in [-0.39, 0.29) is 0 Å². The molecule has 0 atom stereocenters. The lowest BCUT2D eigenvalue weighted by molar-refractivity contribution is 0.270. The van der Waals surface area contributed by atoms with E-state index in [0.717, 1.165) is 6.54 Å². The van der Waals surface area contributed by atoms with Crippen molar-refractivity contribution >= 4 is 0 Å². The highest BCUT2D eigenvalue weighted by molar-refractivity contribution is 4.94. The van der Waals surface area contributed by atoms with Crippen LogP contribution in [0.3, 0.4) is 0 Å². The first kappa shape index (κ1) is 10.0. The standard InChI is InChI=1S/C10H22N2/c1-3-12(4-2)8-7-10(9-11)5-6-10/h3-9,11H2,1-2H3. The number of hydrogen-bond donors (Lipinski definition) is 1. The lowest BCUT2D eigenvalue weighted by Crippen LogP contribution is -2.28. The summed E-state index contributed by atoms with van der Waals surface area (Å²) in [5, 5.41) is 0. The van der Waals surface area contributed by atoms with Crippen LogP contribution in [-0.4, -0.2) is 31.1 Å². The molecule has 12 heavy (non-hydrogen) atoms. The van der Waals surface area contributed by atoms with Gasteiger partial charge < -0.3 is 10.6 Å². The summed E-state index contributed by atoms with van der Waals surface area (Å²) in [5.74, 6) is 0. The average Bonchev–Trinajstić information content (AvgIpc) is 2.87. The second-order valence-corrected chi connectivity index (χ2v) is 3.98. The topological polar surface area (TPSA) is 29.3 Å². The second-order valence-electron chi connectivity index (χ2n) is 3.98. The van der Waals surface area contributed by atoms with Gasteiger partial charge in [-0.2, -0.15) is 0 Å². The van der Waals surface area contributed by atoms with Gasteiger partial charge in [-0.15, -0.1) is 0 Å². The third kappa shape index (κ3) is 2.46. The third-order valence-electron chi connectivity index (χ3n) is 3.24. The molecule has 1 saturated carbocycles. The maximum atomic E-state index is 5.72. The van der Waals surface area contributed by atoms with E-state index in [0.29, 0.717) is 5.41 Å². The fraction of sp³-hybridized carbons (Fsp3) is 1.00. The summed E-state index contributed by atoms with van der Waals surface area (Å²) >= 11 is 0. The molecule has 1 rings (SSSR count). The summed E-state index contributed by atoms with van der Waals surface area (Å²) in [6, 6.07) is 0. The molecular weight excluding hydrogens is 148 g/mol. The van der Waals surface area contributed by atoms with E-state index in [1.807, 2.05) is 0 Å². The first-order valence-corrected chi connectivity index (χ1v) is 5.19. The minimum atomic E-state index is 0.558. The Morgan fingerprint density at radius 3 is 2.17 bits per heavy atom. The van der Waals surface area contributed by atoms with E-state index in [4.69, 9.17) is 5.73 Å². The van der Waals surface area contributed by atoms with Crippen LogP contribution in [0.5, 0.6) is 0 Å². The highest BCUT2D eigenvalue weighted by atomic mass is 15.1. The normalized spacial score (nSPS) is 20.0. The minimum absolute atomic E-state index is 0.558. The maximum absolute atomic E-state index is 5.72. The Hall–Kier alpha value is -0.0800. The van der Waals surface area contributed by atoms with E-state index in [2.05, 4.69) is 18.7 Å². The first-order valence-electron chi connectivity index (χ1n) is 5.19. The van der Waals surface area contributed by atoms with Crippen molar-refractivity contribution in [2.75, 3.05) is 26.2 Å². The first-order chi connectivity index (χ1) is 5.76. The molecule has 0 spiro atoms. The van der Waals surface area contributed by atoms with Gasteiger partial charge in [-0.1, -0.05) is 13.8 Å². The van der Waals surface area contributed by atoms with Crippen LogP contribution < -0.4 is 5.73 Å². The van der Waals surface area contributed by atoms with Crippen LogP contribution in [0.25, 0.3) is 0 Å². The number of nitrogens with zero attached hydrogens (tertiary/aromatic N) is 1. The molecule has 0 saturated heterocycles.